The van der Waals surface area contributed by atoms with Crippen molar-refractivity contribution in [3.8, 4) is 0 Å². The molecule has 1 fully saturated rings. The highest BCUT2D eigenvalue weighted by atomic mass is 16.5. The van der Waals surface area contributed by atoms with E-state index in [1.807, 2.05) is 4.90 Å². The molecule has 8 nitrogen and oxygen atoms in total. The molecule has 1 aliphatic heterocycles. The van der Waals surface area contributed by atoms with Crippen LogP contribution in [-0.2, 0) is 16.1 Å². The van der Waals surface area contributed by atoms with Gasteiger partial charge in [-0.3, -0.25) is 14.2 Å². The number of hydrogen-bond donors (Lipinski definition) is 0. The van der Waals surface area contributed by atoms with Gasteiger partial charge in [-0.05, 0) is 26.7 Å². The molecule has 2 aromatic heterocycles. The number of amides is 1. The van der Waals surface area contributed by atoms with Crippen LogP contribution < -0.4 is 5.56 Å². The number of likely N-dealkylation sites (tertiary alicyclic amines) is 1. The molecule has 2 aromatic rings. The fraction of sp³-hybridized carbons (Fsp3) is 0.579. The number of esters is 1. The SMILES string of the molecule is CCOC(=O)c1c(C)oc2ncn(CC(=O)N3CCCCCCC3)c(=O)c12. The maximum atomic E-state index is 12.9. The van der Waals surface area contributed by atoms with Gasteiger partial charge < -0.3 is 14.1 Å². The standard InChI is InChI=1S/C19H25N3O5/c1-3-26-19(25)15-13(2)27-17-16(15)18(24)22(12-20-17)11-14(23)21-9-7-5-4-6-8-10-21/h12H,3-11H2,1-2H3. The van der Waals surface area contributed by atoms with Crippen molar-refractivity contribution in [3.63, 3.8) is 0 Å². The zero-order valence-electron chi connectivity index (χ0n) is 15.8. The van der Waals surface area contributed by atoms with E-state index in [9.17, 15) is 14.4 Å². The van der Waals surface area contributed by atoms with Crippen LogP contribution in [0.15, 0.2) is 15.5 Å². The first-order valence-corrected chi connectivity index (χ1v) is 9.46. The molecular formula is C19H25N3O5. The summed E-state index contributed by atoms with van der Waals surface area (Å²) in [5.74, 6) is -0.459. The van der Waals surface area contributed by atoms with Crippen LogP contribution in [0, 0.1) is 6.92 Å². The Morgan fingerprint density at radius 1 is 1.19 bits per heavy atom. The molecule has 146 valence electrons. The van der Waals surface area contributed by atoms with Crippen molar-refractivity contribution in [2.24, 2.45) is 0 Å². The van der Waals surface area contributed by atoms with Crippen LogP contribution in [0.1, 0.15) is 55.1 Å². The van der Waals surface area contributed by atoms with Crippen molar-refractivity contribution in [2.45, 2.75) is 52.5 Å². The van der Waals surface area contributed by atoms with E-state index in [4.69, 9.17) is 9.15 Å². The van der Waals surface area contributed by atoms with Gasteiger partial charge in [0.25, 0.3) is 5.56 Å². The van der Waals surface area contributed by atoms with Gasteiger partial charge in [-0.1, -0.05) is 19.3 Å². The van der Waals surface area contributed by atoms with E-state index in [-0.39, 0.29) is 41.5 Å². The number of rotatable bonds is 4. The molecule has 27 heavy (non-hydrogen) atoms. The second-order valence-electron chi connectivity index (χ2n) is 6.76. The summed E-state index contributed by atoms with van der Waals surface area (Å²) in [7, 11) is 0. The minimum atomic E-state index is -0.625. The van der Waals surface area contributed by atoms with Gasteiger partial charge >= 0.3 is 5.97 Å². The molecule has 0 spiro atoms. The maximum Gasteiger partial charge on any atom is 0.342 e. The number of fused-ring (bicyclic) bond motifs is 1. The van der Waals surface area contributed by atoms with Crippen LogP contribution in [0.25, 0.3) is 11.1 Å². The Labute approximate surface area is 157 Å². The molecule has 0 saturated carbocycles. The fourth-order valence-electron chi connectivity index (χ4n) is 3.44. The summed E-state index contributed by atoms with van der Waals surface area (Å²) in [5.41, 5.74) is -0.312. The molecule has 1 amide bonds. The topological polar surface area (TPSA) is 94.6 Å². The Balaban J connectivity index is 1.90. The van der Waals surface area contributed by atoms with Gasteiger partial charge in [0.05, 0.1) is 6.61 Å². The monoisotopic (exact) mass is 375 g/mol. The lowest BCUT2D eigenvalue weighted by Gasteiger charge is -2.25. The second kappa shape index (κ2) is 8.37. The Kier molecular flexibility index (Phi) is 5.93. The zero-order valence-corrected chi connectivity index (χ0v) is 15.8. The van der Waals surface area contributed by atoms with Crippen molar-refractivity contribution in [1.29, 1.82) is 0 Å². The van der Waals surface area contributed by atoms with Crippen molar-refractivity contribution < 1.29 is 18.7 Å². The molecule has 8 heteroatoms. The number of carbonyl (C=O) groups is 2. The van der Waals surface area contributed by atoms with E-state index < -0.39 is 11.5 Å². The van der Waals surface area contributed by atoms with Gasteiger partial charge in [0.15, 0.2) is 0 Å². The smallest absolute Gasteiger partial charge is 0.342 e. The minimum absolute atomic E-state index is 0.0638. The lowest BCUT2D eigenvalue weighted by Crippen LogP contribution is -2.38. The predicted octanol–water partition coefficient (Wildman–Crippen LogP) is 2.27. The normalized spacial score (nSPS) is 15.4. The van der Waals surface area contributed by atoms with Crippen molar-refractivity contribution >= 4 is 23.0 Å². The van der Waals surface area contributed by atoms with E-state index in [0.717, 1.165) is 25.7 Å². The fourth-order valence-corrected chi connectivity index (χ4v) is 3.44. The molecule has 0 N–H and O–H groups in total. The summed E-state index contributed by atoms with van der Waals surface area (Å²) in [5, 5.41) is 0.0638. The Bertz CT molecular complexity index is 891. The number of carbonyl (C=O) groups excluding carboxylic acids is 2. The van der Waals surface area contributed by atoms with Gasteiger partial charge in [0.1, 0.15) is 29.6 Å². The number of furan rings is 1. The lowest BCUT2D eigenvalue weighted by atomic mass is 10.1. The molecule has 0 bridgehead atoms. The molecule has 0 radical (unpaired) electrons. The highest BCUT2D eigenvalue weighted by Crippen LogP contribution is 2.21. The maximum absolute atomic E-state index is 12.9. The lowest BCUT2D eigenvalue weighted by molar-refractivity contribution is -0.132. The van der Waals surface area contributed by atoms with Crippen molar-refractivity contribution in [3.05, 3.63) is 28.0 Å². The largest absolute Gasteiger partial charge is 0.462 e. The minimum Gasteiger partial charge on any atom is -0.462 e. The molecule has 0 unspecified atom stereocenters. The molecule has 1 aliphatic rings. The van der Waals surface area contributed by atoms with Crippen LogP contribution in [0.4, 0.5) is 0 Å². The molecule has 0 atom stereocenters. The van der Waals surface area contributed by atoms with Crippen molar-refractivity contribution in [1.82, 2.24) is 14.5 Å². The van der Waals surface area contributed by atoms with E-state index in [1.165, 1.54) is 17.3 Å². The first-order valence-electron chi connectivity index (χ1n) is 9.46. The number of aryl methyl sites for hydroxylation is 1. The van der Waals surface area contributed by atoms with Gasteiger partial charge in [-0.25, -0.2) is 9.78 Å². The molecular weight excluding hydrogens is 350 g/mol. The molecule has 0 aliphatic carbocycles. The highest BCUT2D eigenvalue weighted by molar-refractivity contribution is 6.03. The Morgan fingerprint density at radius 2 is 1.85 bits per heavy atom. The van der Waals surface area contributed by atoms with Gasteiger partial charge in [0.2, 0.25) is 11.6 Å². The summed E-state index contributed by atoms with van der Waals surface area (Å²) in [4.78, 5) is 43.7. The van der Waals surface area contributed by atoms with E-state index in [2.05, 4.69) is 4.98 Å². The summed E-state index contributed by atoms with van der Waals surface area (Å²) < 4.78 is 11.7. The highest BCUT2D eigenvalue weighted by Gasteiger charge is 2.25. The van der Waals surface area contributed by atoms with E-state index in [0.29, 0.717) is 13.1 Å². The quantitative estimate of drug-likeness (QED) is 0.761. The van der Waals surface area contributed by atoms with Gasteiger partial charge in [-0.15, -0.1) is 0 Å². The Hall–Kier alpha value is -2.64. The Morgan fingerprint density at radius 3 is 2.52 bits per heavy atom. The van der Waals surface area contributed by atoms with E-state index in [1.54, 1.807) is 13.8 Å². The van der Waals surface area contributed by atoms with Crippen LogP contribution in [0.2, 0.25) is 0 Å². The number of aromatic nitrogens is 2. The summed E-state index contributed by atoms with van der Waals surface area (Å²) in [6, 6.07) is 0. The average molecular weight is 375 g/mol. The van der Waals surface area contributed by atoms with Crippen LogP contribution >= 0.6 is 0 Å². The van der Waals surface area contributed by atoms with Gasteiger partial charge in [0, 0.05) is 13.1 Å². The van der Waals surface area contributed by atoms with Crippen LogP contribution in [0.3, 0.4) is 0 Å². The zero-order chi connectivity index (χ0) is 19.4. The average Bonchev–Trinajstić information content (AvgIpc) is 2.94. The molecule has 3 rings (SSSR count). The number of hydrogen-bond acceptors (Lipinski definition) is 6. The third kappa shape index (κ3) is 4.04. The molecule has 1 saturated heterocycles. The first kappa shape index (κ1) is 19.1. The third-order valence-corrected chi connectivity index (χ3v) is 4.85. The van der Waals surface area contributed by atoms with E-state index >= 15 is 0 Å². The molecule has 3 heterocycles. The third-order valence-electron chi connectivity index (χ3n) is 4.85. The number of ether oxygens (including phenoxy) is 1. The first-order chi connectivity index (χ1) is 13.0. The van der Waals surface area contributed by atoms with Crippen LogP contribution in [0.5, 0.6) is 0 Å². The summed E-state index contributed by atoms with van der Waals surface area (Å²) in [6.07, 6.45) is 6.70. The summed E-state index contributed by atoms with van der Waals surface area (Å²) in [6.45, 7) is 4.78. The number of nitrogens with zero attached hydrogens (tertiary/aromatic N) is 3. The molecule has 0 aromatic carbocycles. The van der Waals surface area contributed by atoms with Gasteiger partial charge in [-0.2, -0.15) is 0 Å². The predicted molar refractivity (Wildman–Crippen MR) is 98.6 cm³/mol. The van der Waals surface area contributed by atoms with Crippen LogP contribution in [-0.4, -0.2) is 46.0 Å². The van der Waals surface area contributed by atoms with Crippen molar-refractivity contribution in [2.75, 3.05) is 19.7 Å². The summed E-state index contributed by atoms with van der Waals surface area (Å²) >= 11 is 0. The second-order valence-corrected chi connectivity index (χ2v) is 6.76.